The molecule has 3 rings (SSSR count). The molecule has 0 radical (unpaired) electrons. The van der Waals surface area contributed by atoms with Gasteiger partial charge in [0.25, 0.3) is 0 Å². The molecule has 2 aromatic carbocycles. The Morgan fingerprint density at radius 2 is 1.57 bits per heavy atom. The number of benzene rings is 2. The highest BCUT2D eigenvalue weighted by Crippen LogP contribution is 2.46. The molecule has 2 aromatic rings. The number of aryl methyl sites for hydroxylation is 1. The Balaban J connectivity index is 1.88. The third kappa shape index (κ3) is 6.87. The van der Waals surface area contributed by atoms with Crippen LogP contribution in [0.15, 0.2) is 42.5 Å². The Bertz CT molecular complexity index is 1040. The lowest BCUT2D eigenvalue weighted by atomic mass is 9.62. The third-order valence-electron chi connectivity index (χ3n) is 8.18. The molecule has 0 saturated carbocycles. The summed E-state index contributed by atoms with van der Waals surface area (Å²) in [5.41, 5.74) is 7.15. The van der Waals surface area contributed by atoms with Gasteiger partial charge in [0.05, 0.1) is 5.56 Å². The van der Waals surface area contributed by atoms with E-state index in [1.807, 2.05) is 19.1 Å². The van der Waals surface area contributed by atoms with Crippen LogP contribution in [0.25, 0.3) is 6.08 Å². The van der Waals surface area contributed by atoms with Gasteiger partial charge in [-0.15, -0.1) is 0 Å². The van der Waals surface area contributed by atoms with Gasteiger partial charge < -0.3 is 5.11 Å². The van der Waals surface area contributed by atoms with Crippen molar-refractivity contribution in [2.45, 2.75) is 116 Å². The molecule has 0 amide bonds. The van der Waals surface area contributed by atoms with E-state index in [1.165, 1.54) is 68.1 Å². The predicted molar refractivity (Wildman–Crippen MR) is 150 cm³/mol. The summed E-state index contributed by atoms with van der Waals surface area (Å²) in [7, 11) is 0. The minimum atomic E-state index is -0.862. The number of hydrogen-bond donors (Lipinski definition) is 1. The van der Waals surface area contributed by atoms with Crippen LogP contribution >= 0.6 is 0 Å². The standard InChI is InChI=1S/C33H46O2/c1-7-8-9-10-11-12-13-26(16-14-25-15-18-28(31(34)35)24(2)22-25)27-17-19-29-30(23-27)33(5,6)21-20-32(29,3)4/h14-19,22-23,26H,7-13,20-21H2,1-6H3,(H,34,35)/b16-14+. The maximum Gasteiger partial charge on any atom is 0.335 e. The van der Waals surface area contributed by atoms with E-state index in [4.69, 9.17) is 0 Å². The number of hydrogen-bond acceptors (Lipinski definition) is 1. The summed E-state index contributed by atoms with van der Waals surface area (Å²) < 4.78 is 0. The van der Waals surface area contributed by atoms with Gasteiger partial charge in [-0.2, -0.15) is 0 Å². The second-order valence-electron chi connectivity index (χ2n) is 12.0. The highest BCUT2D eigenvalue weighted by Gasteiger charge is 2.37. The number of carbonyl (C=O) groups is 1. The van der Waals surface area contributed by atoms with Crippen molar-refractivity contribution in [3.05, 3.63) is 75.9 Å². The number of carboxylic acid groups (broad SMARTS) is 1. The van der Waals surface area contributed by atoms with E-state index in [0.29, 0.717) is 11.5 Å². The van der Waals surface area contributed by atoms with Crippen molar-refractivity contribution in [1.29, 1.82) is 0 Å². The second kappa shape index (κ2) is 11.6. The molecule has 0 saturated heterocycles. The summed E-state index contributed by atoms with van der Waals surface area (Å²) in [5, 5.41) is 9.36. The van der Waals surface area contributed by atoms with Gasteiger partial charge >= 0.3 is 5.97 Å². The minimum absolute atomic E-state index is 0.207. The number of carboxylic acids is 1. The number of unbranched alkanes of at least 4 members (excludes halogenated alkanes) is 5. The van der Waals surface area contributed by atoms with E-state index in [0.717, 1.165) is 17.5 Å². The highest BCUT2D eigenvalue weighted by molar-refractivity contribution is 5.89. The van der Waals surface area contributed by atoms with Crippen LogP contribution in [0.5, 0.6) is 0 Å². The van der Waals surface area contributed by atoms with Gasteiger partial charge in [-0.3, -0.25) is 0 Å². The molecule has 35 heavy (non-hydrogen) atoms. The van der Waals surface area contributed by atoms with Gasteiger partial charge in [0, 0.05) is 5.92 Å². The highest BCUT2D eigenvalue weighted by atomic mass is 16.4. The zero-order valence-corrected chi connectivity index (χ0v) is 22.9. The fourth-order valence-corrected chi connectivity index (χ4v) is 5.61. The van der Waals surface area contributed by atoms with Crippen molar-refractivity contribution >= 4 is 12.0 Å². The van der Waals surface area contributed by atoms with E-state index in [-0.39, 0.29) is 10.8 Å². The number of allylic oxidation sites excluding steroid dienone is 1. The van der Waals surface area contributed by atoms with Crippen molar-refractivity contribution in [2.75, 3.05) is 0 Å². The first-order valence-electron chi connectivity index (χ1n) is 13.7. The molecule has 1 aliphatic carbocycles. The SMILES string of the molecule is CCCCCCCCC(/C=C/c1ccc(C(=O)O)c(C)c1)c1ccc2c(c1)C(C)(C)CCC2(C)C. The van der Waals surface area contributed by atoms with Gasteiger partial charge in [0.15, 0.2) is 0 Å². The molecule has 1 N–H and O–H groups in total. The van der Waals surface area contributed by atoms with Crippen LogP contribution < -0.4 is 0 Å². The molecule has 190 valence electrons. The van der Waals surface area contributed by atoms with Crippen LogP contribution in [0.3, 0.4) is 0 Å². The molecule has 0 spiro atoms. The Labute approximate surface area is 213 Å². The van der Waals surface area contributed by atoms with Crippen molar-refractivity contribution in [3.8, 4) is 0 Å². The molecule has 0 aliphatic heterocycles. The molecule has 1 atom stereocenters. The van der Waals surface area contributed by atoms with E-state index in [2.05, 4.69) is 65.0 Å². The van der Waals surface area contributed by atoms with Crippen molar-refractivity contribution in [3.63, 3.8) is 0 Å². The first-order chi connectivity index (χ1) is 16.5. The first kappa shape index (κ1) is 27.2. The molecule has 1 aliphatic rings. The maximum absolute atomic E-state index is 11.4. The average molecular weight is 475 g/mol. The summed E-state index contributed by atoms with van der Waals surface area (Å²) >= 11 is 0. The fourth-order valence-electron chi connectivity index (χ4n) is 5.61. The molecule has 2 heteroatoms. The Kier molecular flexibility index (Phi) is 9.02. The smallest absolute Gasteiger partial charge is 0.335 e. The molecule has 0 heterocycles. The lowest BCUT2D eigenvalue weighted by Gasteiger charge is -2.42. The Hall–Kier alpha value is -2.35. The maximum atomic E-state index is 11.4. The zero-order chi connectivity index (χ0) is 25.6. The van der Waals surface area contributed by atoms with Gasteiger partial charge in [-0.05, 0) is 70.9 Å². The normalized spacial score (nSPS) is 17.3. The molecule has 0 aromatic heterocycles. The fraction of sp³-hybridized carbons (Fsp3) is 0.545. The van der Waals surface area contributed by atoms with Crippen LogP contribution in [0, 0.1) is 6.92 Å². The van der Waals surface area contributed by atoms with E-state index < -0.39 is 5.97 Å². The monoisotopic (exact) mass is 474 g/mol. The largest absolute Gasteiger partial charge is 0.478 e. The van der Waals surface area contributed by atoms with Crippen LogP contribution in [0.2, 0.25) is 0 Å². The summed E-state index contributed by atoms with van der Waals surface area (Å²) in [5.74, 6) is -0.495. The van der Waals surface area contributed by atoms with Crippen LogP contribution in [0.1, 0.15) is 136 Å². The Morgan fingerprint density at radius 3 is 2.23 bits per heavy atom. The lowest BCUT2D eigenvalue weighted by molar-refractivity contribution is 0.0696. The minimum Gasteiger partial charge on any atom is -0.478 e. The second-order valence-corrected chi connectivity index (χ2v) is 12.0. The lowest BCUT2D eigenvalue weighted by Crippen LogP contribution is -2.34. The van der Waals surface area contributed by atoms with Crippen molar-refractivity contribution in [2.24, 2.45) is 0 Å². The van der Waals surface area contributed by atoms with Gasteiger partial charge in [0.1, 0.15) is 0 Å². The van der Waals surface area contributed by atoms with Crippen LogP contribution in [-0.2, 0) is 10.8 Å². The van der Waals surface area contributed by atoms with E-state index in [1.54, 1.807) is 6.07 Å². The van der Waals surface area contributed by atoms with E-state index in [9.17, 15) is 9.90 Å². The first-order valence-corrected chi connectivity index (χ1v) is 13.7. The molecular weight excluding hydrogens is 428 g/mol. The predicted octanol–water partition coefficient (Wildman–Crippen LogP) is 9.59. The summed E-state index contributed by atoms with van der Waals surface area (Å²) in [6, 6.07) is 12.9. The molecule has 0 bridgehead atoms. The summed E-state index contributed by atoms with van der Waals surface area (Å²) in [6.07, 6.45) is 16.0. The summed E-state index contributed by atoms with van der Waals surface area (Å²) in [4.78, 5) is 11.4. The average Bonchev–Trinajstić information content (AvgIpc) is 2.81. The van der Waals surface area contributed by atoms with Crippen LogP contribution in [-0.4, -0.2) is 11.1 Å². The van der Waals surface area contributed by atoms with Crippen LogP contribution in [0.4, 0.5) is 0 Å². The van der Waals surface area contributed by atoms with Gasteiger partial charge in [0.2, 0.25) is 0 Å². The van der Waals surface area contributed by atoms with Crippen molar-refractivity contribution in [1.82, 2.24) is 0 Å². The Morgan fingerprint density at radius 1 is 0.914 bits per heavy atom. The molecule has 0 fully saturated rings. The summed E-state index contributed by atoms with van der Waals surface area (Å²) in [6.45, 7) is 13.7. The van der Waals surface area contributed by atoms with E-state index >= 15 is 0 Å². The quantitative estimate of drug-likeness (QED) is 0.329. The number of aromatic carboxylic acids is 1. The number of rotatable bonds is 11. The zero-order valence-electron chi connectivity index (χ0n) is 22.9. The van der Waals surface area contributed by atoms with Gasteiger partial charge in [-0.25, -0.2) is 4.79 Å². The topological polar surface area (TPSA) is 37.3 Å². The third-order valence-corrected chi connectivity index (χ3v) is 8.18. The van der Waals surface area contributed by atoms with Crippen molar-refractivity contribution < 1.29 is 9.90 Å². The molecule has 1 unspecified atom stereocenters. The number of fused-ring (bicyclic) bond motifs is 1. The molecular formula is C33H46O2. The van der Waals surface area contributed by atoms with Gasteiger partial charge in [-0.1, -0.05) is 116 Å². The molecule has 2 nitrogen and oxygen atoms in total.